The zero-order valence-electron chi connectivity index (χ0n) is 35.1. The Morgan fingerprint density at radius 1 is 0.964 bits per heavy atom. The summed E-state index contributed by atoms with van der Waals surface area (Å²) in [5.74, 6) is -1.71. The van der Waals surface area contributed by atoms with Crippen molar-refractivity contribution < 1.29 is 38.2 Å². The van der Waals surface area contributed by atoms with Gasteiger partial charge in [-0.2, -0.15) is 0 Å². The number of piperidine rings is 1. The molecule has 2 saturated heterocycles. The molecule has 14 heteroatoms. The van der Waals surface area contributed by atoms with Gasteiger partial charge in [-0.25, -0.2) is 14.4 Å². The van der Waals surface area contributed by atoms with Crippen molar-refractivity contribution >= 4 is 30.0 Å². The molecule has 56 heavy (non-hydrogen) atoms. The fourth-order valence-electron chi connectivity index (χ4n) is 7.65. The van der Waals surface area contributed by atoms with Crippen molar-refractivity contribution in [2.24, 2.45) is 11.8 Å². The van der Waals surface area contributed by atoms with Gasteiger partial charge in [0, 0.05) is 37.0 Å². The summed E-state index contributed by atoms with van der Waals surface area (Å²) in [7, 11) is 1.24. The fraction of sp³-hybridized carbons (Fsp3) is 0.690. The number of esters is 1. The molecule has 0 aliphatic carbocycles. The van der Waals surface area contributed by atoms with Gasteiger partial charge in [-0.05, 0) is 98.5 Å². The molecular formula is C42H66N5O9-. The monoisotopic (exact) mass is 784 g/mol. The van der Waals surface area contributed by atoms with Gasteiger partial charge < -0.3 is 45.3 Å². The third kappa shape index (κ3) is 14.4. The Balaban J connectivity index is 1.67. The van der Waals surface area contributed by atoms with E-state index < -0.39 is 64.8 Å². The van der Waals surface area contributed by atoms with Crippen molar-refractivity contribution in [3.63, 3.8) is 0 Å². The second-order valence-electron chi connectivity index (χ2n) is 17.8. The van der Waals surface area contributed by atoms with Gasteiger partial charge in [0.05, 0.1) is 19.1 Å². The van der Waals surface area contributed by atoms with E-state index in [1.54, 1.807) is 25.7 Å². The first-order valence-corrected chi connectivity index (χ1v) is 19.9. The number of hydroxylamine groups is 2. The van der Waals surface area contributed by atoms with E-state index in [0.717, 1.165) is 10.6 Å². The van der Waals surface area contributed by atoms with Crippen molar-refractivity contribution in [3.05, 3.63) is 53.3 Å². The lowest BCUT2D eigenvalue weighted by molar-refractivity contribution is -0.146. The molecule has 1 aromatic carbocycles. The number of alkyl carbamates (subject to hydrolysis) is 2. The summed E-state index contributed by atoms with van der Waals surface area (Å²) in [5.41, 5.74) is -1.09. The van der Waals surface area contributed by atoms with Gasteiger partial charge in [0.15, 0.2) is 0 Å². The van der Waals surface area contributed by atoms with E-state index >= 15 is 0 Å². The molecule has 0 unspecified atom stereocenters. The minimum absolute atomic E-state index is 0.176. The van der Waals surface area contributed by atoms with E-state index in [1.165, 1.54) is 7.11 Å². The maximum absolute atomic E-state index is 14.3. The van der Waals surface area contributed by atoms with Crippen molar-refractivity contribution in [1.82, 2.24) is 25.9 Å². The van der Waals surface area contributed by atoms with E-state index in [9.17, 15) is 29.2 Å². The van der Waals surface area contributed by atoms with Crippen LogP contribution in [0.25, 0.3) is 0 Å². The average molecular weight is 785 g/mol. The van der Waals surface area contributed by atoms with Crippen LogP contribution < -0.4 is 16.0 Å². The Kier molecular flexibility index (Phi) is 16.8. The van der Waals surface area contributed by atoms with E-state index in [0.29, 0.717) is 51.5 Å². The zero-order valence-corrected chi connectivity index (χ0v) is 35.1. The molecule has 0 aromatic heterocycles. The third-order valence-corrected chi connectivity index (χ3v) is 10.0. The number of methoxy groups -OCH3 is 1. The summed E-state index contributed by atoms with van der Waals surface area (Å²) < 4.78 is 16.1. The molecule has 4 amide bonds. The molecule has 2 aliphatic heterocycles. The highest BCUT2D eigenvalue weighted by atomic mass is 16.6. The molecule has 2 aliphatic rings. The number of rotatable bonds is 16. The van der Waals surface area contributed by atoms with Gasteiger partial charge >= 0.3 is 18.2 Å². The summed E-state index contributed by atoms with van der Waals surface area (Å²) in [4.78, 5) is 67.8. The molecule has 14 nitrogen and oxygen atoms in total. The number of likely N-dealkylation sites (tertiary alicyclic amines) is 1. The van der Waals surface area contributed by atoms with Crippen LogP contribution in [-0.4, -0.2) is 101 Å². The number of hydrogen-bond donors (Lipinski definition) is 3. The number of hydrogen-bond acceptors (Lipinski definition) is 10. The van der Waals surface area contributed by atoms with Crippen LogP contribution in [-0.2, 0) is 35.0 Å². The average Bonchev–Trinajstić information content (AvgIpc) is 3.59. The van der Waals surface area contributed by atoms with Crippen LogP contribution in [0, 0.1) is 17.0 Å². The second kappa shape index (κ2) is 20.3. The van der Waals surface area contributed by atoms with Crippen LogP contribution in [0.15, 0.2) is 42.5 Å². The van der Waals surface area contributed by atoms with Crippen LogP contribution in [0.4, 0.5) is 9.59 Å². The molecule has 1 aromatic rings. The van der Waals surface area contributed by atoms with Gasteiger partial charge in [0.1, 0.15) is 23.8 Å². The highest BCUT2D eigenvalue weighted by molar-refractivity contribution is 5.92. The van der Waals surface area contributed by atoms with Crippen molar-refractivity contribution in [3.8, 4) is 0 Å². The van der Waals surface area contributed by atoms with Gasteiger partial charge in [-0.15, -0.1) is 0 Å². The van der Waals surface area contributed by atoms with Crippen LogP contribution in [0.2, 0.25) is 0 Å². The second-order valence-corrected chi connectivity index (χ2v) is 17.8. The first-order valence-electron chi connectivity index (χ1n) is 19.9. The number of benzene rings is 1. The minimum atomic E-state index is -0.999. The maximum atomic E-state index is 14.3. The number of carbonyl (C=O) groups is 5. The quantitative estimate of drug-likeness (QED) is 0.0778. The Hall–Kier alpha value is -4.17. The lowest BCUT2D eigenvalue weighted by atomic mass is 9.80. The number of carbonyl (C=O) groups excluding carboxylic acids is 5. The molecule has 2 heterocycles. The van der Waals surface area contributed by atoms with Crippen molar-refractivity contribution in [2.45, 2.75) is 155 Å². The largest absolute Gasteiger partial charge is 0.784 e. The van der Waals surface area contributed by atoms with E-state index in [-0.39, 0.29) is 30.8 Å². The summed E-state index contributed by atoms with van der Waals surface area (Å²) in [6.07, 6.45) is 5.42. The number of ether oxygens (including phenoxy) is 3. The maximum Gasteiger partial charge on any atom is 0.408 e. The van der Waals surface area contributed by atoms with Gasteiger partial charge in [0.2, 0.25) is 11.8 Å². The zero-order chi connectivity index (χ0) is 41.8. The SMILES string of the molecule is COC(=O)[C@H](CCCNC(=O)OC1CC(C)(C)N([O-])C(C)(C)C1)NC(=O)[C@@H]1CCCN1C(=O)[C@H](/C=C/[C@H](CC(C)C)NC(=O)OC(C)(C)C)Cc1ccccc1. The minimum Gasteiger partial charge on any atom is -0.784 e. The molecular weight excluding hydrogens is 718 g/mol. The fourth-order valence-corrected chi connectivity index (χ4v) is 7.65. The summed E-state index contributed by atoms with van der Waals surface area (Å²) >= 11 is 0. The lowest BCUT2D eigenvalue weighted by Crippen LogP contribution is -2.59. The predicted octanol–water partition coefficient (Wildman–Crippen LogP) is 6.02. The van der Waals surface area contributed by atoms with Crippen LogP contribution in [0.1, 0.15) is 113 Å². The molecule has 0 radical (unpaired) electrons. The van der Waals surface area contributed by atoms with Crippen molar-refractivity contribution in [1.29, 1.82) is 0 Å². The van der Waals surface area contributed by atoms with Crippen LogP contribution in [0.5, 0.6) is 0 Å². The van der Waals surface area contributed by atoms with E-state index in [4.69, 9.17) is 14.2 Å². The molecule has 3 rings (SSSR count). The van der Waals surface area contributed by atoms with Crippen LogP contribution in [0.3, 0.4) is 0 Å². The van der Waals surface area contributed by atoms with Gasteiger partial charge in [-0.1, -0.05) is 56.3 Å². The Morgan fingerprint density at radius 3 is 2.20 bits per heavy atom. The van der Waals surface area contributed by atoms with Crippen molar-refractivity contribution in [2.75, 3.05) is 20.2 Å². The number of nitrogens with one attached hydrogen (secondary N) is 3. The van der Waals surface area contributed by atoms with Gasteiger partial charge in [0.25, 0.3) is 0 Å². The molecule has 0 saturated carbocycles. The topological polar surface area (TPSA) is 179 Å². The molecule has 314 valence electrons. The van der Waals surface area contributed by atoms with Crippen LogP contribution >= 0.6 is 0 Å². The normalized spacial score (nSPS) is 20.2. The Bertz CT molecular complexity index is 1490. The molecule has 0 spiro atoms. The molecule has 0 bridgehead atoms. The Morgan fingerprint density at radius 2 is 1.61 bits per heavy atom. The first kappa shape index (κ1) is 46.2. The third-order valence-electron chi connectivity index (χ3n) is 10.0. The predicted molar refractivity (Wildman–Crippen MR) is 214 cm³/mol. The number of nitrogens with zero attached hydrogens (tertiary/aromatic N) is 2. The first-order chi connectivity index (χ1) is 26.1. The standard InChI is InChI=1S/C42H66N5O9/c1-28(2)24-31(44-39(52)56-40(3,4)5)21-20-30(25-29-16-12-11-13-17-29)36(49)46-23-15-19-34(46)35(48)45-33(37(50)54-10)18-14-22-43-38(51)55-32-26-41(6,7)47(53)42(8,9)27-32/h11-13,16-17,20-21,28,30-34H,14-15,18-19,22-27H2,1-10H3,(H,43,51)(H,44,52)(H,45,48)/q-1/b21-20+/t30-,31-,33+,34+/m1/s1. The highest BCUT2D eigenvalue weighted by Gasteiger charge is 2.42. The Labute approximate surface area is 333 Å². The summed E-state index contributed by atoms with van der Waals surface area (Å²) in [6, 6.07) is 7.43. The van der Waals surface area contributed by atoms with Gasteiger partial charge in [-0.3, -0.25) is 9.59 Å². The molecule has 3 N–H and O–H groups in total. The lowest BCUT2D eigenvalue weighted by Gasteiger charge is -2.59. The smallest absolute Gasteiger partial charge is 0.408 e. The highest BCUT2D eigenvalue weighted by Crippen LogP contribution is 2.38. The summed E-state index contributed by atoms with van der Waals surface area (Å²) in [6.45, 7) is 17.4. The summed E-state index contributed by atoms with van der Waals surface area (Å²) in [5, 5.41) is 22.2. The molecule has 2 fully saturated rings. The van der Waals surface area contributed by atoms with E-state index in [1.807, 2.05) is 84.0 Å². The number of amides is 4. The molecule has 4 atom stereocenters. The van der Waals surface area contributed by atoms with E-state index in [2.05, 4.69) is 16.0 Å².